The van der Waals surface area contributed by atoms with Gasteiger partial charge >= 0.3 is 0 Å². The molecule has 1 saturated heterocycles. The maximum Gasteiger partial charge on any atom is 0.0469 e. The van der Waals surface area contributed by atoms with Crippen LogP contribution in [0, 0.1) is 5.92 Å². The zero-order valence-electron chi connectivity index (χ0n) is 9.88. The lowest BCUT2D eigenvalue weighted by Crippen LogP contribution is -2.42. The highest BCUT2D eigenvalue weighted by Gasteiger charge is 2.21. The summed E-state index contributed by atoms with van der Waals surface area (Å²) in [5.74, 6) is 0.823. The molecule has 2 heteroatoms. The summed E-state index contributed by atoms with van der Waals surface area (Å²) in [6.45, 7) is 8.77. The molecule has 0 radical (unpaired) electrons. The van der Waals surface area contributed by atoms with Gasteiger partial charge in [0.25, 0.3) is 0 Å². The van der Waals surface area contributed by atoms with Crippen LogP contribution in [0.2, 0.25) is 0 Å². The molecule has 1 fully saturated rings. The van der Waals surface area contributed by atoms with Gasteiger partial charge in [-0.05, 0) is 38.5 Å². The van der Waals surface area contributed by atoms with Crippen LogP contribution in [0.25, 0.3) is 0 Å². The molecule has 0 amide bonds. The standard InChI is InChI=1S/C12H25NO/c1-4-12(5-2)13-10(3)11-6-8-14-9-7-11/h10-13H,4-9H2,1-3H3. The Morgan fingerprint density at radius 2 is 1.79 bits per heavy atom. The van der Waals surface area contributed by atoms with Crippen LogP contribution < -0.4 is 5.32 Å². The third kappa shape index (κ3) is 3.58. The summed E-state index contributed by atoms with van der Waals surface area (Å²) < 4.78 is 5.38. The molecule has 2 nitrogen and oxygen atoms in total. The van der Waals surface area contributed by atoms with Crippen LogP contribution in [-0.2, 0) is 4.74 Å². The second-order valence-electron chi connectivity index (χ2n) is 4.42. The molecular formula is C12H25NO. The van der Waals surface area contributed by atoms with E-state index in [1.165, 1.54) is 25.7 Å². The van der Waals surface area contributed by atoms with Crippen molar-refractivity contribution < 1.29 is 4.74 Å². The Kier molecular flexibility index (Phi) is 5.49. The van der Waals surface area contributed by atoms with Gasteiger partial charge in [0.1, 0.15) is 0 Å². The summed E-state index contributed by atoms with van der Waals surface area (Å²) in [5, 5.41) is 3.73. The molecule has 84 valence electrons. The quantitative estimate of drug-likeness (QED) is 0.735. The number of ether oxygens (including phenoxy) is 1. The topological polar surface area (TPSA) is 21.3 Å². The van der Waals surface area contributed by atoms with E-state index in [4.69, 9.17) is 4.74 Å². The van der Waals surface area contributed by atoms with Crippen LogP contribution in [-0.4, -0.2) is 25.3 Å². The average Bonchev–Trinajstić information content (AvgIpc) is 2.26. The van der Waals surface area contributed by atoms with Gasteiger partial charge in [-0.15, -0.1) is 0 Å². The fraction of sp³-hybridized carbons (Fsp3) is 1.00. The molecular weight excluding hydrogens is 174 g/mol. The van der Waals surface area contributed by atoms with Gasteiger partial charge in [0.15, 0.2) is 0 Å². The van der Waals surface area contributed by atoms with Crippen molar-refractivity contribution in [2.45, 2.75) is 58.5 Å². The molecule has 0 aromatic carbocycles. The Labute approximate surface area is 88.4 Å². The average molecular weight is 199 g/mol. The van der Waals surface area contributed by atoms with Gasteiger partial charge in [-0.2, -0.15) is 0 Å². The van der Waals surface area contributed by atoms with E-state index in [-0.39, 0.29) is 0 Å². The first-order valence-corrected chi connectivity index (χ1v) is 6.11. The Morgan fingerprint density at radius 1 is 1.21 bits per heavy atom. The Morgan fingerprint density at radius 3 is 2.29 bits per heavy atom. The van der Waals surface area contributed by atoms with Crippen LogP contribution in [0.15, 0.2) is 0 Å². The van der Waals surface area contributed by atoms with E-state index < -0.39 is 0 Å². The Balaban J connectivity index is 2.27. The third-order valence-corrected chi connectivity index (χ3v) is 3.46. The Hall–Kier alpha value is -0.0800. The van der Waals surface area contributed by atoms with Crippen molar-refractivity contribution in [1.82, 2.24) is 5.32 Å². The highest BCUT2D eigenvalue weighted by Crippen LogP contribution is 2.19. The molecule has 0 aromatic rings. The molecule has 0 saturated carbocycles. The maximum absolute atomic E-state index is 5.38. The molecule has 1 N–H and O–H groups in total. The maximum atomic E-state index is 5.38. The molecule has 1 unspecified atom stereocenters. The highest BCUT2D eigenvalue weighted by molar-refractivity contribution is 4.77. The first-order valence-electron chi connectivity index (χ1n) is 6.11. The predicted octanol–water partition coefficient (Wildman–Crippen LogP) is 2.58. The van der Waals surface area contributed by atoms with Crippen molar-refractivity contribution in [1.29, 1.82) is 0 Å². The van der Waals surface area contributed by atoms with Crippen molar-refractivity contribution in [3.05, 3.63) is 0 Å². The minimum Gasteiger partial charge on any atom is -0.381 e. The summed E-state index contributed by atoms with van der Waals surface area (Å²) in [7, 11) is 0. The van der Waals surface area contributed by atoms with Crippen LogP contribution in [0.3, 0.4) is 0 Å². The second-order valence-corrected chi connectivity index (χ2v) is 4.42. The van der Waals surface area contributed by atoms with Gasteiger partial charge in [-0.3, -0.25) is 0 Å². The van der Waals surface area contributed by atoms with Crippen LogP contribution in [0.4, 0.5) is 0 Å². The van der Waals surface area contributed by atoms with Crippen molar-refractivity contribution in [3.63, 3.8) is 0 Å². The molecule has 0 aromatic heterocycles. The lowest BCUT2D eigenvalue weighted by Gasteiger charge is -2.31. The molecule has 1 aliphatic rings. The summed E-state index contributed by atoms with van der Waals surface area (Å²) in [5.41, 5.74) is 0. The molecule has 1 aliphatic heterocycles. The number of nitrogens with one attached hydrogen (secondary N) is 1. The first kappa shape index (κ1) is 12.0. The second kappa shape index (κ2) is 6.41. The molecule has 1 atom stereocenters. The van der Waals surface area contributed by atoms with E-state index in [0.29, 0.717) is 12.1 Å². The first-order chi connectivity index (χ1) is 6.77. The van der Waals surface area contributed by atoms with E-state index >= 15 is 0 Å². The number of rotatable bonds is 5. The zero-order valence-corrected chi connectivity index (χ0v) is 9.88. The van der Waals surface area contributed by atoms with Gasteiger partial charge in [0.05, 0.1) is 0 Å². The SMILES string of the molecule is CCC(CC)NC(C)C1CCOCC1. The molecule has 1 heterocycles. The van der Waals surface area contributed by atoms with Crippen molar-refractivity contribution >= 4 is 0 Å². The zero-order chi connectivity index (χ0) is 10.4. The van der Waals surface area contributed by atoms with Crippen molar-refractivity contribution in [3.8, 4) is 0 Å². The molecule has 0 aliphatic carbocycles. The largest absolute Gasteiger partial charge is 0.381 e. The van der Waals surface area contributed by atoms with E-state index in [1.54, 1.807) is 0 Å². The number of hydrogen-bond donors (Lipinski definition) is 1. The smallest absolute Gasteiger partial charge is 0.0469 e. The van der Waals surface area contributed by atoms with Crippen LogP contribution >= 0.6 is 0 Å². The third-order valence-electron chi connectivity index (χ3n) is 3.46. The molecule has 14 heavy (non-hydrogen) atoms. The lowest BCUT2D eigenvalue weighted by molar-refractivity contribution is 0.0542. The van der Waals surface area contributed by atoms with E-state index in [9.17, 15) is 0 Å². The molecule has 0 bridgehead atoms. The van der Waals surface area contributed by atoms with Gasteiger partial charge in [0, 0.05) is 25.3 Å². The minimum absolute atomic E-state index is 0.656. The minimum atomic E-state index is 0.656. The highest BCUT2D eigenvalue weighted by atomic mass is 16.5. The normalized spacial score (nSPS) is 21.4. The summed E-state index contributed by atoms with van der Waals surface area (Å²) in [6, 6.07) is 1.36. The van der Waals surface area contributed by atoms with Gasteiger partial charge in [-0.25, -0.2) is 0 Å². The lowest BCUT2D eigenvalue weighted by atomic mass is 9.92. The molecule has 1 rings (SSSR count). The fourth-order valence-electron chi connectivity index (χ4n) is 2.25. The fourth-order valence-corrected chi connectivity index (χ4v) is 2.25. The van der Waals surface area contributed by atoms with Gasteiger partial charge < -0.3 is 10.1 Å². The summed E-state index contributed by atoms with van der Waals surface area (Å²) >= 11 is 0. The van der Waals surface area contributed by atoms with E-state index in [2.05, 4.69) is 26.1 Å². The van der Waals surface area contributed by atoms with Crippen LogP contribution in [0.5, 0.6) is 0 Å². The van der Waals surface area contributed by atoms with Gasteiger partial charge in [0.2, 0.25) is 0 Å². The van der Waals surface area contributed by atoms with E-state index in [1.807, 2.05) is 0 Å². The van der Waals surface area contributed by atoms with Crippen LogP contribution in [0.1, 0.15) is 46.5 Å². The molecule has 0 spiro atoms. The summed E-state index contributed by atoms with van der Waals surface area (Å²) in [6.07, 6.45) is 4.94. The van der Waals surface area contributed by atoms with Crippen molar-refractivity contribution in [2.75, 3.05) is 13.2 Å². The Bertz CT molecular complexity index is 139. The predicted molar refractivity (Wildman–Crippen MR) is 60.5 cm³/mol. The number of hydrogen-bond acceptors (Lipinski definition) is 2. The monoisotopic (exact) mass is 199 g/mol. The van der Waals surface area contributed by atoms with Gasteiger partial charge in [-0.1, -0.05) is 13.8 Å². The van der Waals surface area contributed by atoms with Crippen molar-refractivity contribution in [2.24, 2.45) is 5.92 Å². The van der Waals surface area contributed by atoms with E-state index in [0.717, 1.165) is 19.1 Å². The summed E-state index contributed by atoms with van der Waals surface area (Å²) in [4.78, 5) is 0.